The van der Waals surface area contributed by atoms with Crippen molar-refractivity contribution in [1.29, 1.82) is 0 Å². The highest BCUT2D eigenvalue weighted by atomic mass is 19.3. The van der Waals surface area contributed by atoms with Gasteiger partial charge in [0.25, 0.3) is 6.43 Å². The maximum Gasteiger partial charge on any atom is 0.387 e. The summed E-state index contributed by atoms with van der Waals surface area (Å²) < 4.78 is 63.9. The molecule has 0 saturated carbocycles. The van der Waals surface area contributed by atoms with Crippen LogP contribution in [0.2, 0.25) is 0 Å². The van der Waals surface area contributed by atoms with Crippen molar-refractivity contribution < 1.29 is 26.7 Å². The first-order valence-corrected chi connectivity index (χ1v) is 3.97. The molecule has 0 bridgehead atoms. The van der Waals surface area contributed by atoms with Crippen molar-refractivity contribution in [3.63, 3.8) is 0 Å². The zero-order valence-electron chi connectivity index (χ0n) is 7.34. The van der Waals surface area contributed by atoms with E-state index in [1.807, 2.05) is 0 Å². The maximum absolute atomic E-state index is 12.7. The van der Waals surface area contributed by atoms with Crippen LogP contribution in [0.25, 0.3) is 0 Å². The van der Waals surface area contributed by atoms with Crippen LogP contribution in [0.3, 0.4) is 0 Å². The first-order chi connectivity index (χ1) is 7.00. The number of hydrogen-bond acceptors (Lipinski definition) is 1. The Morgan fingerprint density at radius 3 is 1.80 bits per heavy atom. The molecule has 84 valence electrons. The lowest BCUT2D eigenvalue weighted by atomic mass is 10.1. The van der Waals surface area contributed by atoms with Gasteiger partial charge in [-0.15, -0.1) is 0 Å². The van der Waals surface area contributed by atoms with Crippen LogP contribution >= 0.6 is 0 Å². The molecule has 0 unspecified atom stereocenters. The fourth-order valence-electron chi connectivity index (χ4n) is 0.979. The third kappa shape index (κ3) is 3.38. The highest BCUT2D eigenvalue weighted by molar-refractivity contribution is 5.28. The van der Waals surface area contributed by atoms with Crippen LogP contribution in [0.4, 0.5) is 22.0 Å². The minimum absolute atomic E-state index is 0.199. The molecule has 0 fully saturated rings. The van der Waals surface area contributed by atoms with Gasteiger partial charge in [-0.1, -0.05) is 12.1 Å². The van der Waals surface area contributed by atoms with Gasteiger partial charge in [0.2, 0.25) is 0 Å². The molecule has 0 spiro atoms. The molecule has 6 heteroatoms. The van der Waals surface area contributed by atoms with Gasteiger partial charge in [-0.05, 0) is 17.7 Å². The number of benzene rings is 1. The molecule has 0 aliphatic rings. The molecule has 0 radical (unpaired) electrons. The summed E-state index contributed by atoms with van der Waals surface area (Å²) in [5, 5.41) is 0. The van der Waals surface area contributed by atoms with Gasteiger partial charge in [-0.3, -0.25) is 0 Å². The lowest BCUT2D eigenvalue weighted by Gasteiger charge is -2.08. The van der Waals surface area contributed by atoms with Gasteiger partial charge >= 0.3 is 6.61 Å². The van der Waals surface area contributed by atoms with Gasteiger partial charge in [0.15, 0.2) is 6.17 Å². The van der Waals surface area contributed by atoms with Gasteiger partial charge in [-0.2, -0.15) is 8.78 Å². The first kappa shape index (κ1) is 11.7. The van der Waals surface area contributed by atoms with E-state index in [2.05, 4.69) is 4.74 Å². The average Bonchev–Trinajstić information content (AvgIpc) is 2.17. The molecule has 0 saturated heterocycles. The third-order valence-electron chi connectivity index (χ3n) is 1.64. The quantitative estimate of drug-likeness (QED) is 0.713. The second-order valence-corrected chi connectivity index (χ2v) is 2.68. The molecule has 0 aliphatic carbocycles. The summed E-state index contributed by atoms with van der Waals surface area (Å²) in [6.45, 7) is -2.99. The van der Waals surface area contributed by atoms with Crippen LogP contribution in [0.5, 0.6) is 5.75 Å². The zero-order chi connectivity index (χ0) is 11.4. The first-order valence-electron chi connectivity index (χ1n) is 3.97. The van der Waals surface area contributed by atoms with E-state index in [1.54, 1.807) is 0 Å². The van der Waals surface area contributed by atoms with Crippen LogP contribution in [-0.2, 0) is 0 Å². The maximum atomic E-state index is 12.7. The summed E-state index contributed by atoms with van der Waals surface area (Å²) in [6.07, 6.45) is -5.54. The molecular formula is C9H7F5O. The second-order valence-electron chi connectivity index (χ2n) is 2.68. The Labute approximate surface area is 82.5 Å². The molecule has 1 rings (SSSR count). The summed E-state index contributed by atoms with van der Waals surface area (Å²) in [6, 6.07) is 3.98. The van der Waals surface area contributed by atoms with Crippen molar-refractivity contribution >= 4 is 0 Å². The summed E-state index contributed by atoms with van der Waals surface area (Å²) in [5.41, 5.74) is -0.272. The Bertz CT molecular complexity index is 298. The number of halogens is 5. The molecule has 0 N–H and O–H groups in total. The van der Waals surface area contributed by atoms with E-state index in [0.29, 0.717) is 0 Å². The van der Waals surface area contributed by atoms with Crippen molar-refractivity contribution in [2.45, 2.75) is 19.2 Å². The molecule has 1 nitrogen and oxygen atoms in total. The van der Waals surface area contributed by atoms with E-state index in [4.69, 9.17) is 0 Å². The van der Waals surface area contributed by atoms with E-state index in [-0.39, 0.29) is 11.3 Å². The van der Waals surface area contributed by atoms with Crippen LogP contribution in [-0.4, -0.2) is 13.0 Å². The monoisotopic (exact) mass is 226 g/mol. The Morgan fingerprint density at radius 2 is 1.40 bits per heavy atom. The van der Waals surface area contributed by atoms with Crippen molar-refractivity contribution in [3.8, 4) is 5.75 Å². The summed E-state index contributed by atoms with van der Waals surface area (Å²) in [7, 11) is 0. The predicted octanol–water partition coefficient (Wildman–Crippen LogP) is 3.56. The lowest BCUT2D eigenvalue weighted by Crippen LogP contribution is -2.04. The van der Waals surface area contributed by atoms with E-state index in [0.717, 1.165) is 24.3 Å². The minimum Gasteiger partial charge on any atom is -0.435 e. The fraction of sp³-hybridized carbons (Fsp3) is 0.333. The van der Waals surface area contributed by atoms with Crippen molar-refractivity contribution in [3.05, 3.63) is 29.8 Å². The molecule has 0 aliphatic heterocycles. The Hall–Kier alpha value is -1.33. The van der Waals surface area contributed by atoms with Crippen molar-refractivity contribution in [2.75, 3.05) is 0 Å². The molecule has 1 atom stereocenters. The van der Waals surface area contributed by atoms with Crippen molar-refractivity contribution in [2.24, 2.45) is 0 Å². The molecule has 1 aromatic carbocycles. The number of rotatable bonds is 4. The second kappa shape index (κ2) is 4.95. The average molecular weight is 226 g/mol. The normalized spacial score (nSPS) is 13.3. The number of ether oxygens (including phenoxy) is 1. The SMILES string of the molecule is FC(F)Oc1ccc([C@@H](F)C(F)F)cc1. The van der Waals surface area contributed by atoms with Gasteiger partial charge in [0.1, 0.15) is 5.75 Å². The Balaban J connectivity index is 2.72. The Kier molecular flexibility index (Phi) is 3.88. The summed E-state index contributed by atoms with van der Waals surface area (Å²) in [5.74, 6) is -0.199. The standard InChI is InChI=1S/C9H7F5O/c10-7(8(11)12)5-1-3-6(4-2-5)15-9(13)14/h1-4,7-9H/t7-/m1/s1. The predicted molar refractivity (Wildman–Crippen MR) is 42.9 cm³/mol. The third-order valence-corrected chi connectivity index (χ3v) is 1.64. The lowest BCUT2D eigenvalue weighted by molar-refractivity contribution is -0.0499. The van der Waals surface area contributed by atoms with Gasteiger partial charge in [-0.25, -0.2) is 13.2 Å². The zero-order valence-corrected chi connectivity index (χ0v) is 7.34. The summed E-state index contributed by atoms with van der Waals surface area (Å²) in [4.78, 5) is 0. The van der Waals surface area contributed by atoms with Crippen LogP contribution in [0.15, 0.2) is 24.3 Å². The smallest absolute Gasteiger partial charge is 0.387 e. The highest BCUT2D eigenvalue weighted by Crippen LogP contribution is 2.26. The molecule has 0 heterocycles. The molecule has 1 aromatic rings. The topological polar surface area (TPSA) is 9.23 Å². The van der Waals surface area contributed by atoms with E-state index in [1.165, 1.54) is 0 Å². The fourth-order valence-corrected chi connectivity index (χ4v) is 0.979. The van der Waals surface area contributed by atoms with E-state index >= 15 is 0 Å². The van der Waals surface area contributed by atoms with Crippen molar-refractivity contribution in [1.82, 2.24) is 0 Å². The van der Waals surface area contributed by atoms with Crippen LogP contribution < -0.4 is 4.74 Å². The van der Waals surface area contributed by atoms with E-state index < -0.39 is 19.2 Å². The largest absolute Gasteiger partial charge is 0.435 e. The van der Waals surface area contributed by atoms with Crippen LogP contribution in [0.1, 0.15) is 11.7 Å². The Morgan fingerprint density at radius 1 is 0.867 bits per heavy atom. The molecule has 0 aromatic heterocycles. The molecule has 15 heavy (non-hydrogen) atoms. The van der Waals surface area contributed by atoms with Gasteiger partial charge in [0, 0.05) is 0 Å². The number of alkyl halides is 5. The highest BCUT2D eigenvalue weighted by Gasteiger charge is 2.21. The van der Waals surface area contributed by atoms with Gasteiger partial charge < -0.3 is 4.74 Å². The van der Waals surface area contributed by atoms with E-state index in [9.17, 15) is 22.0 Å². The summed E-state index contributed by atoms with van der Waals surface area (Å²) >= 11 is 0. The van der Waals surface area contributed by atoms with Crippen LogP contribution in [0, 0.1) is 0 Å². The minimum atomic E-state index is -3.13. The van der Waals surface area contributed by atoms with Gasteiger partial charge in [0.05, 0.1) is 0 Å². The molecule has 0 amide bonds. The molecular weight excluding hydrogens is 219 g/mol. The number of hydrogen-bond donors (Lipinski definition) is 0.